The van der Waals surface area contributed by atoms with Gasteiger partial charge in [-0.25, -0.2) is 9.13 Å². The molecule has 0 aromatic rings. The fourth-order valence-corrected chi connectivity index (χ4v) is 15.0. The van der Waals surface area contributed by atoms with Crippen LogP contribution in [0.2, 0.25) is 0 Å². The summed E-state index contributed by atoms with van der Waals surface area (Å²) in [6.07, 6.45) is 72.2. The van der Waals surface area contributed by atoms with Crippen LogP contribution in [-0.4, -0.2) is 96.7 Å². The second-order valence-electron chi connectivity index (χ2n) is 31.2. The predicted molar refractivity (Wildman–Crippen MR) is 432 cm³/mol. The van der Waals surface area contributed by atoms with Crippen LogP contribution >= 0.6 is 15.6 Å². The summed E-state index contributed by atoms with van der Waals surface area (Å²) in [5, 5.41) is 10.7. The van der Waals surface area contributed by atoms with E-state index in [1.807, 2.05) is 0 Å². The van der Waals surface area contributed by atoms with Crippen molar-refractivity contribution in [2.75, 3.05) is 39.6 Å². The number of hydrogen-bond donors (Lipinski definition) is 3. The highest BCUT2D eigenvalue weighted by Crippen LogP contribution is 2.45. The third-order valence-corrected chi connectivity index (χ3v) is 22.5. The van der Waals surface area contributed by atoms with Crippen molar-refractivity contribution < 1.29 is 80.2 Å². The van der Waals surface area contributed by atoms with Crippen LogP contribution in [0, 0.1) is 5.92 Å². The molecule has 6 atom stereocenters. The number of esters is 4. The van der Waals surface area contributed by atoms with Crippen LogP contribution in [0.1, 0.15) is 465 Å². The van der Waals surface area contributed by atoms with Crippen molar-refractivity contribution >= 4 is 39.5 Å². The molecule has 0 bridgehead atoms. The van der Waals surface area contributed by atoms with E-state index in [0.717, 1.165) is 95.8 Å². The van der Waals surface area contributed by atoms with Crippen LogP contribution < -0.4 is 0 Å². The Hall–Kier alpha value is -1.94. The van der Waals surface area contributed by atoms with Gasteiger partial charge in [-0.2, -0.15) is 0 Å². The zero-order valence-corrected chi connectivity index (χ0v) is 70.7. The van der Waals surface area contributed by atoms with Gasteiger partial charge in [0.1, 0.15) is 19.3 Å². The van der Waals surface area contributed by atoms with Gasteiger partial charge in [0.15, 0.2) is 12.2 Å². The van der Waals surface area contributed by atoms with Crippen molar-refractivity contribution in [1.29, 1.82) is 0 Å². The van der Waals surface area contributed by atoms with Gasteiger partial charge in [-0.3, -0.25) is 37.3 Å². The molecular weight excluding hydrogens is 1370 g/mol. The fourth-order valence-electron chi connectivity index (χ4n) is 13.4. The number of phosphoric acid groups is 2. The molecule has 624 valence electrons. The van der Waals surface area contributed by atoms with Crippen molar-refractivity contribution in [2.24, 2.45) is 5.92 Å². The zero-order chi connectivity index (χ0) is 76.9. The summed E-state index contributed by atoms with van der Waals surface area (Å²) in [7, 11) is -9.92. The Morgan fingerprint density at radius 3 is 0.676 bits per heavy atom. The van der Waals surface area contributed by atoms with E-state index in [1.54, 1.807) is 0 Å². The molecule has 0 rings (SSSR count). The van der Waals surface area contributed by atoms with Gasteiger partial charge in [-0.05, 0) is 31.6 Å². The van der Waals surface area contributed by atoms with E-state index in [-0.39, 0.29) is 25.7 Å². The van der Waals surface area contributed by atoms with Gasteiger partial charge >= 0.3 is 39.5 Å². The van der Waals surface area contributed by atoms with Gasteiger partial charge in [-0.15, -0.1) is 0 Å². The lowest BCUT2D eigenvalue weighted by Gasteiger charge is -2.21. The summed E-state index contributed by atoms with van der Waals surface area (Å²) >= 11 is 0. The largest absolute Gasteiger partial charge is 0.472 e. The minimum atomic E-state index is -4.96. The first-order valence-corrected chi connectivity index (χ1v) is 47.7. The average Bonchev–Trinajstić information content (AvgIpc) is 0.926. The summed E-state index contributed by atoms with van der Waals surface area (Å²) in [6.45, 7) is 7.42. The smallest absolute Gasteiger partial charge is 0.462 e. The molecule has 0 saturated heterocycles. The standard InChI is InChI=1S/C86H168O17P2/c1-6-10-13-16-19-22-24-26-28-32-37-41-45-50-55-60-65-70-84(89)97-76-82(103-86(91)72-67-62-57-52-47-43-39-35-31-30-34-36-40-44-49-53-58-63-68-79(5)9-4)78-101-105(94,95)99-74-80(87)73-98-104(92,93)100-77-81(75-96-83(88)69-64-59-54-48-21-18-15-12-8-3)102-85(90)71-66-61-56-51-46-42-38-33-29-27-25-23-20-17-14-11-7-2/h79-82,87H,6-78H2,1-5H3,(H,92,93)(H,94,95)/t79?,80-,81+,82+/m0/s1. The molecule has 0 saturated carbocycles. The molecule has 17 nitrogen and oxygen atoms in total. The van der Waals surface area contributed by atoms with E-state index >= 15 is 0 Å². The van der Waals surface area contributed by atoms with Gasteiger partial charge in [-0.1, -0.05) is 413 Å². The van der Waals surface area contributed by atoms with Gasteiger partial charge in [0.2, 0.25) is 0 Å². The van der Waals surface area contributed by atoms with Gasteiger partial charge in [0.25, 0.3) is 0 Å². The van der Waals surface area contributed by atoms with Gasteiger partial charge in [0.05, 0.1) is 26.4 Å². The van der Waals surface area contributed by atoms with E-state index < -0.39 is 97.5 Å². The third kappa shape index (κ3) is 78.5. The third-order valence-electron chi connectivity index (χ3n) is 20.6. The normalized spacial score (nSPS) is 14.0. The first-order chi connectivity index (χ1) is 51.1. The Labute approximate surface area is 645 Å². The number of carbonyl (C=O) groups is 4. The highest BCUT2D eigenvalue weighted by molar-refractivity contribution is 7.47. The minimum absolute atomic E-state index is 0.109. The van der Waals surface area contributed by atoms with Crippen molar-refractivity contribution in [3.8, 4) is 0 Å². The van der Waals surface area contributed by atoms with Crippen molar-refractivity contribution in [3.05, 3.63) is 0 Å². The molecule has 0 radical (unpaired) electrons. The van der Waals surface area contributed by atoms with E-state index in [0.29, 0.717) is 25.7 Å². The van der Waals surface area contributed by atoms with Crippen LogP contribution in [0.5, 0.6) is 0 Å². The maximum atomic E-state index is 13.1. The van der Waals surface area contributed by atoms with Crippen LogP contribution in [0.25, 0.3) is 0 Å². The lowest BCUT2D eigenvalue weighted by Crippen LogP contribution is -2.30. The van der Waals surface area contributed by atoms with Crippen LogP contribution in [0.15, 0.2) is 0 Å². The van der Waals surface area contributed by atoms with Gasteiger partial charge < -0.3 is 33.8 Å². The molecule has 3 unspecified atom stereocenters. The number of aliphatic hydroxyl groups excluding tert-OH is 1. The molecule has 0 aromatic carbocycles. The van der Waals surface area contributed by atoms with Crippen molar-refractivity contribution in [1.82, 2.24) is 0 Å². The Kier molecular flexibility index (Phi) is 77.3. The molecule has 0 aliphatic carbocycles. The summed E-state index contributed by atoms with van der Waals surface area (Å²) < 4.78 is 68.9. The lowest BCUT2D eigenvalue weighted by molar-refractivity contribution is -0.161. The number of hydrogen-bond acceptors (Lipinski definition) is 15. The number of rotatable bonds is 86. The van der Waals surface area contributed by atoms with E-state index in [1.165, 1.54) is 289 Å². The van der Waals surface area contributed by atoms with Crippen molar-refractivity contribution in [2.45, 2.75) is 483 Å². The molecule has 19 heteroatoms. The Balaban J connectivity index is 5.20. The first-order valence-electron chi connectivity index (χ1n) is 44.7. The van der Waals surface area contributed by atoms with Crippen molar-refractivity contribution in [3.63, 3.8) is 0 Å². The molecule has 0 spiro atoms. The SMILES string of the molecule is CCCCCCCCCCCCCCCCCCCC(=O)OC[C@H](COP(=O)(O)OC[C@@H](O)COP(=O)(O)OC[C@@H](COC(=O)CCCCCCCCCCC)OC(=O)CCCCCCCCCCCCCCCCCCC)OC(=O)CCCCCCCCCCCCCCCCCCCCC(C)CC. The monoisotopic (exact) mass is 1540 g/mol. The number of unbranched alkanes of at least 4 members (excludes halogenated alkanes) is 57. The van der Waals surface area contributed by atoms with E-state index in [2.05, 4.69) is 34.6 Å². The molecule has 105 heavy (non-hydrogen) atoms. The molecule has 0 aromatic heterocycles. The molecular formula is C86H168O17P2. The highest BCUT2D eigenvalue weighted by atomic mass is 31.2. The van der Waals surface area contributed by atoms with Crippen LogP contribution in [-0.2, 0) is 65.4 Å². The topological polar surface area (TPSA) is 237 Å². The summed E-state index contributed by atoms with van der Waals surface area (Å²) in [5.41, 5.74) is 0. The number of carbonyl (C=O) groups excluding carboxylic acids is 4. The highest BCUT2D eigenvalue weighted by Gasteiger charge is 2.30. The number of ether oxygens (including phenoxy) is 4. The predicted octanol–water partition coefficient (Wildman–Crippen LogP) is 26.4. The molecule has 3 N–H and O–H groups in total. The van der Waals surface area contributed by atoms with Crippen LogP contribution in [0.3, 0.4) is 0 Å². The summed E-state index contributed by atoms with van der Waals surface area (Å²) in [5.74, 6) is -1.23. The first kappa shape index (κ1) is 103. The van der Waals surface area contributed by atoms with Crippen LogP contribution in [0.4, 0.5) is 0 Å². The number of aliphatic hydroxyl groups is 1. The Morgan fingerprint density at radius 2 is 0.457 bits per heavy atom. The second kappa shape index (κ2) is 78.7. The zero-order valence-electron chi connectivity index (χ0n) is 68.9. The minimum Gasteiger partial charge on any atom is -0.462 e. The molecule has 0 aliphatic heterocycles. The second-order valence-corrected chi connectivity index (χ2v) is 34.1. The molecule has 0 amide bonds. The quantitative estimate of drug-likeness (QED) is 0.0222. The summed E-state index contributed by atoms with van der Waals surface area (Å²) in [4.78, 5) is 73.2. The maximum Gasteiger partial charge on any atom is 0.472 e. The molecule has 0 heterocycles. The Morgan fingerprint density at radius 1 is 0.267 bits per heavy atom. The maximum absolute atomic E-state index is 13.1. The average molecular weight is 1540 g/mol. The van der Waals surface area contributed by atoms with Gasteiger partial charge in [0, 0.05) is 25.7 Å². The number of phosphoric ester groups is 2. The fraction of sp³-hybridized carbons (Fsp3) is 0.953. The van der Waals surface area contributed by atoms with E-state index in [9.17, 15) is 43.2 Å². The van der Waals surface area contributed by atoms with E-state index in [4.69, 9.17) is 37.0 Å². The molecule has 0 fully saturated rings. The summed E-state index contributed by atoms with van der Waals surface area (Å²) in [6, 6.07) is 0. The Bertz CT molecular complexity index is 2000. The lowest BCUT2D eigenvalue weighted by atomic mass is 9.99. The molecule has 0 aliphatic rings.